The molecule has 0 aliphatic rings. The normalized spacial score (nSPS) is 12.1. The summed E-state index contributed by atoms with van der Waals surface area (Å²) >= 11 is 7.22. The first-order valence-electron chi connectivity index (χ1n) is 8.07. The van der Waals surface area contributed by atoms with Crippen molar-refractivity contribution in [2.24, 2.45) is 5.92 Å². The van der Waals surface area contributed by atoms with Crippen LogP contribution in [-0.2, 0) is 0 Å². The summed E-state index contributed by atoms with van der Waals surface area (Å²) in [7, 11) is 0. The number of aromatic amines is 2. The van der Waals surface area contributed by atoms with E-state index in [4.69, 9.17) is 0 Å². The van der Waals surface area contributed by atoms with E-state index in [1.807, 2.05) is 0 Å². The molecule has 0 atom stereocenters. The molecule has 2 aromatic carbocycles. The molecule has 0 unspecified atom stereocenters. The van der Waals surface area contributed by atoms with Crippen molar-refractivity contribution in [1.82, 2.24) is 9.97 Å². The predicted molar refractivity (Wildman–Crippen MR) is 109 cm³/mol. The van der Waals surface area contributed by atoms with Gasteiger partial charge in [-0.15, -0.1) is 0 Å². The summed E-state index contributed by atoms with van der Waals surface area (Å²) in [6.45, 7) is 4.58. The first-order valence-corrected chi connectivity index (χ1v) is 9.66. The minimum atomic E-state index is 0.330. The molecule has 0 aliphatic heterocycles. The van der Waals surface area contributed by atoms with Crippen LogP contribution in [0.3, 0.4) is 0 Å². The van der Waals surface area contributed by atoms with Crippen LogP contribution in [0.25, 0.3) is 21.8 Å². The highest BCUT2D eigenvalue weighted by atomic mass is 79.9. The third-order valence-corrected chi connectivity index (χ3v) is 5.67. The zero-order chi connectivity index (χ0) is 16.8. The van der Waals surface area contributed by atoms with Crippen LogP contribution >= 0.6 is 31.9 Å². The lowest BCUT2D eigenvalue weighted by molar-refractivity contribution is 0.569. The summed E-state index contributed by atoms with van der Waals surface area (Å²) in [6, 6.07) is 12.8. The maximum atomic E-state index is 3.61. The van der Waals surface area contributed by atoms with E-state index in [0.29, 0.717) is 11.8 Å². The SMILES string of the molecule is CC(C)C(c1c[nH]c2ccc(Br)cc12)c1c[nH]c2ccc(Br)cc12. The van der Waals surface area contributed by atoms with E-state index < -0.39 is 0 Å². The van der Waals surface area contributed by atoms with Gasteiger partial charge in [-0.1, -0.05) is 45.7 Å². The molecule has 2 nitrogen and oxygen atoms in total. The Hall–Kier alpha value is -1.52. The number of aromatic nitrogens is 2. The van der Waals surface area contributed by atoms with Gasteiger partial charge in [-0.3, -0.25) is 0 Å². The highest BCUT2D eigenvalue weighted by Gasteiger charge is 2.24. The van der Waals surface area contributed by atoms with E-state index in [2.05, 4.69) is 104 Å². The Kier molecular flexibility index (Phi) is 4.05. The number of hydrogen-bond donors (Lipinski definition) is 2. The number of nitrogens with one attached hydrogen (secondary N) is 2. The minimum Gasteiger partial charge on any atom is -0.361 e. The molecular weight excluding hydrogens is 428 g/mol. The first kappa shape index (κ1) is 16.0. The van der Waals surface area contributed by atoms with Gasteiger partial charge in [0.15, 0.2) is 0 Å². The van der Waals surface area contributed by atoms with Gasteiger partial charge >= 0.3 is 0 Å². The summed E-state index contributed by atoms with van der Waals surface area (Å²) in [4.78, 5) is 6.86. The number of rotatable bonds is 3. The van der Waals surface area contributed by atoms with Crippen molar-refractivity contribution >= 4 is 53.7 Å². The summed E-state index contributed by atoms with van der Waals surface area (Å²) in [6.07, 6.45) is 4.33. The standard InChI is InChI=1S/C20H18Br2N2/c1-11(2)20(16-9-23-18-5-3-12(21)7-14(16)18)17-10-24-19-6-4-13(22)8-15(17)19/h3-11,20,23-24H,1-2H3. The highest BCUT2D eigenvalue weighted by molar-refractivity contribution is 9.10. The fourth-order valence-corrected chi connectivity index (χ4v) is 4.35. The number of fused-ring (bicyclic) bond motifs is 2. The van der Waals surface area contributed by atoms with E-state index in [0.717, 1.165) is 8.95 Å². The average Bonchev–Trinajstić information content (AvgIpc) is 3.12. The van der Waals surface area contributed by atoms with Gasteiger partial charge in [0.05, 0.1) is 0 Å². The van der Waals surface area contributed by atoms with E-state index in [9.17, 15) is 0 Å². The van der Waals surface area contributed by atoms with Gasteiger partial charge in [-0.2, -0.15) is 0 Å². The second-order valence-electron chi connectivity index (χ2n) is 6.59. The maximum Gasteiger partial charge on any atom is 0.0457 e. The van der Waals surface area contributed by atoms with Crippen molar-refractivity contribution in [3.8, 4) is 0 Å². The van der Waals surface area contributed by atoms with Crippen LogP contribution in [0, 0.1) is 5.92 Å². The topological polar surface area (TPSA) is 31.6 Å². The summed E-state index contributed by atoms with van der Waals surface area (Å²) in [5.74, 6) is 0.817. The van der Waals surface area contributed by atoms with Crippen LogP contribution in [-0.4, -0.2) is 9.97 Å². The predicted octanol–water partition coefficient (Wildman–Crippen LogP) is 6.96. The van der Waals surface area contributed by atoms with Gasteiger partial charge < -0.3 is 9.97 Å². The molecule has 122 valence electrons. The second-order valence-corrected chi connectivity index (χ2v) is 8.42. The largest absolute Gasteiger partial charge is 0.361 e. The number of benzene rings is 2. The highest BCUT2D eigenvalue weighted by Crippen LogP contribution is 2.40. The van der Waals surface area contributed by atoms with Crippen LogP contribution in [0.1, 0.15) is 30.9 Å². The summed E-state index contributed by atoms with van der Waals surface area (Å²) in [5.41, 5.74) is 5.06. The molecule has 4 aromatic rings. The molecule has 24 heavy (non-hydrogen) atoms. The Balaban J connectivity index is 1.96. The molecule has 0 spiro atoms. The zero-order valence-corrected chi connectivity index (χ0v) is 16.7. The summed E-state index contributed by atoms with van der Waals surface area (Å²) < 4.78 is 2.22. The van der Waals surface area contributed by atoms with E-state index >= 15 is 0 Å². The maximum absolute atomic E-state index is 3.61. The van der Waals surface area contributed by atoms with Crippen molar-refractivity contribution in [2.45, 2.75) is 19.8 Å². The molecule has 4 rings (SSSR count). The molecule has 0 saturated heterocycles. The molecular formula is C20H18Br2N2. The van der Waals surface area contributed by atoms with Crippen molar-refractivity contribution in [3.05, 3.63) is 68.9 Å². The van der Waals surface area contributed by atoms with Crippen LogP contribution in [0.15, 0.2) is 57.7 Å². The zero-order valence-electron chi connectivity index (χ0n) is 13.5. The monoisotopic (exact) mass is 444 g/mol. The molecule has 0 amide bonds. The van der Waals surface area contributed by atoms with Crippen molar-refractivity contribution in [1.29, 1.82) is 0 Å². The lowest BCUT2D eigenvalue weighted by Gasteiger charge is -2.20. The van der Waals surface area contributed by atoms with Crippen LogP contribution in [0.4, 0.5) is 0 Å². The fourth-order valence-electron chi connectivity index (χ4n) is 3.63. The van der Waals surface area contributed by atoms with Crippen LogP contribution in [0.2, 0.25) is 0 Å². The third-order valence-electron chi connectivity index (χ3n) is 4.69. The molecule has 0 bridgehead atoms. The Bertz CT molecular complexity index is 947. The van der Waals surface area contributed by atoms with E-state index in [-0.39, 0.29) is 0 Å². The quantitative estimate of drug-likeness (QED) is 0.341. The van der Waals surface area contributed by atoms with Crippen molar-refractivity contribution < 1.29 is 0 Å². The number of halogens is 2. The van der Waals surface area contributed by atoms with Gasteiger partial charge in [-0.25, -0.2) is 0 Å². The Morgan fingerprint density at radius 2 is 1.21 bits per heavy atom. The average molecular weight is 446 g/mol. The van der Waals surface area contributed by atoms with Gasteiger partial charge in [0.1, 0.15) is 0 Å². The molecule has 2 N–H and O–H groups in total. The van der Waals surface area contributed by atoms with Crippen LogP contribution in [0.5, 0.6) is 0 Å². The molecule has 2 heterocycles. The Morgan fingerprint density at radius 1 is 0.750 bits per heavy atom. The second kappa shape index (κ2) is 6.08. The third kappa shape index (κ3) is 2.62. The first-order chi connectivity index (χ1) is 11.5. The van der Waals surface area contributed by atoms with Gasteiger partial charge in [0, 0.05) is 49.1 Å². The molecule has 0 aliphatic carbocycles. The fraction of sp³-hybridized carbons (Fsp3) is 0.200. The van der Waals surface area contributed by atoms with Crippen molar-refractivity contribution in [2.75, 3.05) is 0 Å². The molecule has 4 heteroatoms. The van der Waals surface area contributed by atoms with Gasteiger partial charge in [0.25, 0.3) is 0 Å². The molecule has 0 fully saturated rings. The molecule has 0 saturated carbocycles. The lowest BCUT2D eigenvalue weighted by Crippen LogP contribution is -2.07. The minimum absolute atomic E-state index is 0.330. The lowest BCUT2D eigenvalue weighted by atomic mass is 9.82. The molecule has 2 aromatic heterocycles. The Labute approximate surface area is 157 Å². The summed E-state index contributed by atoms with van der Waals surface area (Å²) in [5, 5.41) is 2.57. The van der Waals surface area contributed by atoms with Gasteiger partial charge in [-0.05, 0) is 53.4 Å². The van der Waals surface area contributed by atoms with E-state index in [1.54, 1.807) is 0 Å². The van der Waals surface area contributed by atoms with Crippen LogP contribution < -0.4 is 0 Å². The Morgan fingerprint density at radius 3 is 1.62 bits per heavy atom. The van der Waals surface area contributed by atoms with E-state index in [1.165, 1.54) is 32.9 Å². The van der Waals surface area contributed by atoms with Gasteiger partial charge in [0.2, 0.25) is 0 Å². The van der Waals surface area contributed by atoms with Crippen molar-refractivity contribution in [3.63, 3.8) is 0 Å². The number of hydrogen-bond acceptors (Lipinski definition) is 0. The smallest absolute Gasteiger partial charge is 0.0457 e. The number of H-pyrrole nitrogens is 2. The molecule has 0 radical (unpaired) electrons.